The first-order chi connectivity index (χ1) is 17.1. The maximum atomic E-state index is 15.7. The highest BCUT2D eigenvalue weighted by Gasteiger charge is 2.66. The van der Waals surface area contributed by atoms with E-state index >= 15 is 4.11 Å². The summed E-state index contributed by atoms with van der Waals surface area (Å²) < 4.78 is 22.2. The predicted octanol–water partition coefficient (Wildman–Crippen LogP) is 4.99. The molecule has 2 amide bonds. The van der Waals surface area contributed by atoms with Gasteiger partial charge in [0.05, 0.1) is 17.5 Å². The van der Waals surface area contributed by atoms with Gasteiger partial charge in [-0.05, 0) is 55.8 Å². The van der Waals surface area contributed by atoms with E-state index in [-0.39, 0.29) is 24.8 Å². The number of fused-ring (bicyclic) bond motifs is 3. The van der Waals surface area contributed by atoms with Crippen molar-refractivity contribution in [1.82, 2.24) is 0 Å². The van der Waals surface area contributed by atoms with Crippen LogP contribution in [0.5, 0.6) is 0 Å². The van der Waals surface area contributed by atoms with Crippen molar-refractivity contribution in [2.45, 2.75) is 56.5 Å². The summed E-state index contributed by atoms with van der Waals surface area (Å²) in [5.74, 6) is -0.693. The molecule has 3 aliphatic heterocycles. The zero-order chi connectivity index (χ0) is 25.8. The molecule has 4 atom stereocenters. The van der Waals surface area contributed by atoms with E-state index in [9.17, 15) is 14.7 Å². The third-order valence-corrected chi connectivity index (χ3v) is 10.5. The summed E-state index contributed by atoms with van der Waals surface area (Å²) in [7, 11) is -3.27. The second kappa shape index (κ2) is 8.94. The molecular formula is C28H33FN2O4Si. The molecule has 190 valence electrons. The lowest BCUT2D eigenvalue weighted by Crippen LogP contribution is -2.45. The Kier molecular flexibility index (Phi) is 6.17. The number of benzene rings is 2. The highest BCUT2D eigenvalue weighted by atomic mass is 28.4. The van der Waals surface area contributed by atoms with Crippen LogP contribution in [-0.4, -0.2) is 44.6 Å². The predicted molar refractivity (Wildman–Crippen MR) is 141 cm³/mol. The number of nitrogens with zero attached hydrogens (tertiary/aromatic N) is 2. The molecule has 0 radical (unpaired) electrons. The third kappa shape index (κ3) is 3.57. The van der Waals surface area contributed by atoms with Gasteiger partial charge < -0.3 is 18.9 Å². The van der Waals surface area contributed by atoms with Crippen LogP contribution in [0.25, 0.3) is 0 Å². The fraction of sp³-hybridized carbons (Fsp3) is 0.429. The Bertz CT molecular complexity index is 1230. The molecule has 5 rings (SSSR count). The van der Waals surface area contributed by atoms with Crippen LogP contribution in [0.1, 0.15) is 30.9 Å². The van der Waals surface area contributed by atoms with E-state index in [4.69, 9.17) is 4.74 Å². The van der Waals surface area contributed by atoms with Crippen LogP contribution in [0.2, 0.25) is 18.6 Å². The number of amides is 2. The van der Waals surface area contributed by atoms with Crippen LogP contribution in [0.4, 0.5) is 21.2 Å². The van der Waals surface area contributed by atoms with Gasteiger partial charge in [0.2, 0.25) is 14.3 Å². The van der Waals surface area contributed by atoms with Crippen molar-refractivity contribution in [2.75, 3.05) is 23.0 Å². The Morgan fingerprint density at radius 3 is 2.64 bits per heavy atom. The van der Waals surface area contributed by atoms with Crippen molar-refractivity contribution in [3.8, 4) is 0 Å². The lowest BCUT2D eigenvalue weighted by Gasteiger charge is -2.32. The number of hydrogen-bond donors (Lipinski definition) is 1. The molecular weight excluding hydrogens is 475 g/mol. The summed E-state index contributed by atoms with van der Waals surface area (Å²) in [5, 5.41) is 9.72. The summed E-state index contributed by atoms with van der Waals surface area (Å²) in [4.78, 5) is 30.5. The van der Waals surface area contributed by atoms with Crippen LogP contribution < -0.4 is 9.80 Å². The van der Waals surface area contributed by atoms with Gasteiger partial charge in [0.15, 0.2) is 5.60 Å². The summed E-state index contributed by atoms with van der Waals surface area (Å²) in [6.07, 6.45) is 2.44. The van der Waals surface area contributed by atoms with Crippen molar-refractivity contribution in [3.63, 3.8) is 0 Å². The van der Waals surface area contributed by atoms with E-state index in [0.717, 1.165) is 11.3 Å². The SMILES string of the molecule is C=CCN1C(=O)[C@]2(O[C@H](CCO)[C@@H]([Si](C)(C)F)[C@@H]2C)c2cc(N3C(=O)CCc4ccccc43)ccc21. The van der Waals surface area contributed by atoms with Crippen molar-refractivity contribution in [1.29, 1.82) is 0 Å². The lowest BCUT2D eigenvalue weighted by atomic mass is 9.82. The Morgan fingerprint density at radius 1 is 1.19 bits per heavy atom. The summed E-state index contributed by atoms with van der Waals surface area (Å²) in [5.41, 5.74) is 2.08. The number of carbonyl (C=O) groups excluding carboxylic acids is 2. The Morgan fingerprint density at radius 2 is 1.94 bits per heavy atom. The maximum absolute atomic E-state index is 15.7. The molecule has 1 spiro atoms. The minimum absolute atomic E-state index is 0.0105. The zero-order valence-electron chi connectivity index (χ0n) is 21.0. The second-order valence-corrected chi connectivity index (χ2v) is 14.3. The molecule has 1 saturated heterocycles. The topological polar surface area (TPSA) is 70.1 Å². The molecule has 0 aromatic heterocycles. The number of anilines is 3. The Balaban J connectivity index is 1.69. The van der Waals surface area contributed by atoms with Crippen molar-refractivity contribution < 1.29 is 23.5 Å². The molecule has 6 nitrogen and oxygen atoms in total. The molecule has 0 bridgehead atoms. The number of carbonyl (C=O) groups is 2. The van der Waals surface area contributed by atoms with E-state index < -0.39 is 31.6 Å². The number of halogens is 1. The van der Waals surface area contributed by atoms with E-state index in [2.05, 4.69) is 6.58 Å². The fourth-order valence-electron chi connectivity index (χ4n) is 6.59. The molecule has 2 aromatic carbocycles. The van der Waals surface area contributed by atoms with Crippen molar-refractivity contribution >= 4 is 37.3 Å². The fourth-order valence-corrected chi connectivity index (χ4v) is 9.14. The highest BCUT2D eigenvalue weighted by Crippen LogP contribution is 2.60. The van der Waals surface area contributed by atoms with Gasteiger partial charge in [-0.3, -0.25) is 14.5 Å². The third-order valence-electron chi connectivity index (χ3n) is 8.02. The van der Waals surface area contributed by atoms with Crippen LogP contribution in [0.3, 0.4) is 0 Å². The minimum atomic E-state index is -3.27. The standard InChI is InChI=1S/C28H33FN2O4Si/c1-5-15-30-23-12-11-20(31-22-9-7-6-8-19(22)10-13-25(31)33)17-21(23)28(27(30)34)18(2)26(36(3,4)29)24(35-28)14-16-32/h5-9,11-12,17-18,24,26,32H,1,10,13-16H2,2-4H3/t18-,24+,26-,28+/m0/s1. The first-order valence-electron chi connectivity index (χ1n) is 12.6. The summed E-state index contributed by atoms with van der Waals surface area (Å²) in [6, 6.07) is 13.4. The van der Waals surface area contributed by atoms with Gasteiger partial charge in [-0.15, -0.1) is 6.58 Å². The molecule has 2 aromatic rings. The summed E-state index contributed by atoms with van der Waals surface area (Å²) in [6.45, 7) is 9.14. The average molecular weight is 509 g/mol. The minimum Gasteiger partial charge on any atom is -0.396 e. The van der Waals surface area contributed by atoms with Crippen molar-refractivity contribution in [2.24, 2.45) is 5.92 Å². The molecule has 0 aliphatic carbocycles. The van der Waals surface area contributed by atoms with E-state index in [0.29, 0.717) is 36.3 Å². The van der Waals surface area contributed by atoms with Crippen LogP contribution >= 0.6 is 0 Å². The normalized spacial score (nSPS) is 27.5. The van der Waals surface area contributed by atoms with Gasteiger partial charge in [0.1, 0.15) is 0 Å². The first-order valence-corrected chi connectivity index (χ1v) is 15.6. The summed E-state index contributed by atoms with van der Waals surface area (Å²) >= 11 is 0. The molecule has 0 unspecified atom stereocenters. The first kappa shape index (κ1) is 24.9. The van der Waals surface area contributed by atoms with Gasteiger partial charge in [-0.1, -0.05) is 31.2 Å². The Labute approximate surface area is 212 Å². The molecule has 1 N–H and O–H groups in total. The number of hydrogen-bond acceptors (Lipinski definition) is 4. The van der Waals surface area contributed by atoms with Crippen LogP contribution in [0.15, 0.2) is 55.1 Å². The van der Waals surface area contributed by atoms with Gasteiger partial charge in [-0.25, -0.2) is 0 Å². The molecule has 1 fully saturated rings. The number of para-hydroxylation sites is 1. The van der Waals surface area contributed by atoms with Gasteiger partial charge in [0.25, 0.3) is 5.91 Å². The highest BCUT2D eigenvalue weighted by molar-refractivity contribution is 6.72. The maximum Gasteiger partial charge on any atom is 0.264 e. The second-order valence-electron chi connectivity index (χ2n) is 10.5. The van der Waals surface area contributed by atoms with Gasteiger partial charge >= 0.3 is 0 Å². The molecule has 8 heteroatoms. The molecule has 36 heavy (non-hydrogen) atoms. The van der Waals surface area contributed by atoms with E-state index in [1.165, 1.54) is 0 Å². The lowest BCUT2D eigenvalue weighted by molar-refractivity contribution is -0.146. The smallest absolute Gasteiger partial charge is 0.264 e. The molecule has 0 saturated carbocycles. The van der Waals surface area contributed by atoms with Crippen molar-refractivity contribution in [3.05, 3.63) is 66.2 Å². The number of ether oxygens (including phenoxy) is 1. The monoisotopic (exact) mass is 508 g/mol. The van der Waals surface area contributed by atoms with Crippen LogP contribution in [-0.2, 0) is 26.3 Å². The van der Waals surface area contributed by atoms with Gasteiger partial charge in [0, 0.05) is 42.3 Å². The van der Waals surface area contributed by atoms with Gasteiger partial charge in [-0.2, -0.15) is 0 Å². The average Bonchev–Trinajstić information content (AvgIpc) is 3.26. The molecule has 3 aliphatic rings. The largest absolute Gasteiger partial charge is 0.396 e. The quantitative estimate of drug-likeness (QED) is 0.339. The number of aliphatic hydroxyl groups excluding tert-OH is 1. The molecule has 3 heterocycles. The van der Waals surface area contributed by atoms with E-state index in [1.807, 2.05) is 49.4 Å². The van der Waals surface area contributed by atoms with E-state index in [1.54, 1.807) is 29.0 Å². The van der Waals surface area contributed by atoms with Crippen LogP contribution in [0, 0.1) is 5.92 Å². The zero-order valence-corrected chi connectivity index (χ0v) is 22.0. The number of aliphatic hydroxyl groups is 1. The number of rotatable bonds is 6. The Hall–Kier alpha value is -2.81. The number of aryl methyl sites for hydroxylation is 1.